The van der Waals surface area contributed by atoms with Gasteiger partial charge in [-0.15, -0.1) is 0 Å². The van der Waals surface area contributed by atoms with E-state index in [9.17, 15) is 4.79 Å². The Labute approximate surface area is 132 Å². The topological polar surface area (TPSA) is 59.9 Å². The van der Waals surface area contributed by atoms with Crippen molar-refractivity contribution in [2.24, 2.45) is 0 Å². The highest BCUT2D eigenvalue weighted by molar-refractivity contribution is 6.30. The van der Waals surface area contributed by atoms with Crippen molar-refractivity contribution in [2.45, 2.75) is 19.9 Å². The molecule has 0 aliphatic carbocycles. The molecule has 1 aromatic carbocycles. The maximum absolute atomic E-state index is 12.3. The van der Waals surface area contributed by atoms with Crippen LogP contribution in [0, 0.1) is 6.92 Å². The number of fused-ring (bicyclic) bond motifs is 1. The highest BCUT2D eigenvalue weighted by Crippen LogP contribution is 2.15. The van der Waals surface area contributed by atoms with Crippen LogP contribution in [-0.4, -0.2) is 21.1 Å². The number of nitrogens with one attached hydrogen (secondary N) is 1. The van der Waals surface area contributed by atoms with E-state index in [1.54, 1.807) is 23.0 Å². The minimum Gasteiger partial charge on any atom is -0.494 e. The van der Waals surface area contributed by atoms with Gasteiger partial charge in [0.05, 0.1) is 18.3 Å². The largest absolute Gasteiger partial charge is 0.494 e. The Morgan fingerprint density at radius 1 is 1.32 bits per heavy atom. The van der Waals surface area contributed by atoms with Crippen LogP contribution in [0.2, 0.25) is 5.02 Å². The summed E-state index contributed by atoms with van der Waals surface area (Å²) < 4.78 is 7.23. The second-order valence-electron chi connectivity index (χ2n) is 5.11. The Hall–Kier alpha value is -2.27. The van der Waals surface area contributed by atoms with Crippen molar-refractivity contribution >= 4 is 22.6 Å². The first kappa shape index (κ1) is 14.7. The molecule has 0 spiro atoms. The van der Waals surface area contributed by atoms with E-state index in [2.05, 4.69) is 9.97 Å². The van der Waals surface area contributed by atoms with Gasteiger partial charge < -0.3 is 9.72 Å². The fraction of sp³-hybridized carbons (Fsp3) is 0.250. The molecule has 0 aliphatic heterocycles. The monoisotopic (exact) mass is 317 g/mol. The summed E-state index contributed by atoms with van der Waals surface area (Å²) in [6.07, 6.45) is 2.29. The smallest absolute Gasteiger partial charge is 0.262 e. The molecular formula is C16H16ClN3O2. The van der Waals surface area contributed by atoms with Gasteiger partial charge in [-0.2, -0.15) is 0 Å². The van der Waals surface area contributed by atoms with Crippen LogP contribution in [0.3, 0.4) is 0 Å². The predicted molar refractivity (Wildman–Crippen MR) is 86.7 cm³/mol. The molecule has 3 rings (SSSR count). The van der Waals surface area contributed by atoms with E-state index in [0.29, 0.717) is 29.2 Å². The van der Waals surface area contributed by atoms with E-state index >= 15 is 0 Å². The van der Waals surface area contributed by atoms with E-state index in [1.165, 1.54) is 0 Å². The van der Waals surface area contributed by atoms with Gasteiger partial charge >= 0.3 is 0 Å². The number of aromatic amines is 1. The Morgan fingerprint density at radius 2 is 2.09 bits per heavy atom. The molecule has 2 heterocycles. The summed E-state index contributed by atoms with van der Waals surface area (Å²) in [7, 11) is 0. The number of ether oxygens (including phenoxy) is 1. The highest BCUT2D eigenvalue weighted by Gasteiger charge is 2.06. The molecule has 0 aliphatic rings. The molecule has 22 heavy (non-hydrogen) atoms. The van der Waals surface area contributed by atoms with Crippen LogP contribution in [-0.2, 0) is 6.54 Å². The first-order chi connectivity index (χ1) is 10.6. The number of aryl methyl sites for hydroxylation is 2. The molecule has 1 N–H and O–H groups in total. The molecule has 0 atom stereocenters. The van der Waals surface area contributed by atoms with E-state index in [0.717, 1.165) is 17.9 Å². The van der Waals surface area contributed by atoms with Crippen LogP contribution in [0.25, 0.3) is 11.0 Å². The average Bonchev–Trinajstić information content (AvgIpc) is 2.89. The van der Waals surface area contributed by atoms with Crippen molar-refractivity contribution in [3.8, 4) is 5.75 Å². The lowest BCUT2D eigenvalue weighted by molar-refractivity contribution is 0.301. The van der Waals surface area contributed by atoms with Gasteiger partial charge in [-0.05, 0) is 43.7 Å². The summed E-state index contributed by atoms with van der Waals surface area (Å²) in [6, 6.07) is 9.04. The van der Waals surface area contributed by atoms with Gasteiger partial charge in [-0.1, -0.05) is 11.6 Å². The van der Waals surface area contributed by atoms with Crippen LogP contribution in [0.15, 0.2) is 41.5 Å². The molecule has 6 heteroatoms. The second-order valence-corrected chi connectivity index (χ2v) is 5.55. The van der Waals surface area contributed by atoms with Crippen LogP contribution >= 0.6 is 11.6 Å². The van der Waals surface area contributed by atoms with Crippen LogP contribution < -0.4 is 10.3 Å². The van der Waals surface area contributed by atoms with E-state index < -0.39 is 0 Å². The number of benzene rings is 1. The van der Waals surface area contributed by atoms with Gasteiger partial charge in [-0.25, -0.2) is 4.98 Å². The van der Waals surface area contributed by atoms with Gasteiger partial charge in [0.15, 0.2) is 0 Å². The van der Waals surface area contributed by atoms with Crippen molar-refractivity contribution in [3.05, 3.63) is 57.7 Å². The Balaban J connectivity index is 1.61. The predicted octanol–water partition coefficient (Wildman–Crippen LogP) is 3.16. The van der Waals surface area contributed by atoms with Crippen LogP contribution in [0.4, 0.5) is 0 Å². The lowest BCUT2D eigenvalue weighted by Gasteiger charge is -2.07. The summed E-state index contributed by atoms with van der Waals surface area (Å²) in [6.45, 7) is 3.00. The lowest BCUT2D eigenvalue weighted by Crippen LogP contribution is -2.21. The summed E-state index contributed by atoms with van der Waals surface area (Å²) in [4.78, 5) is 19.6. The first-order valence-corrected chi connectivity index (χ1v) is 7.44. The lowest BCUT2D eigenvalue weighted by atomic mass is 10.3. The molecule has 0 bridgehead atoms. The number of aromatic nitrogens is 3. The van der Waals surface area contributed by atoms with Crippen LogP contribution in [0.1, 0.15) is 12.1 Å². The number of hydrogen-bond donors (Lipinski definition) is 1. The van der Waals surface area contributed by atoms with Gasteiger partial charge in [-0.3, -0.25) is 9.36 Å². The number of rotatable bonds is 5. The minimum absolute atomic E-state index is 0.0270. The highest BCUT2D eigenvalue weighted by atomic mass is 35.5. The number of halogens is 1. The fourth-order valence-electron chi connectivity index (χ4n) is 2.29. The molecule has 0 saturated heterocycles. The number of hydrogen-bond acceptors (Lipinski definition) is 3. The van der Waals surface area contributed by atoms with Crippen molar-refractivity contribution in [1.82, 2.24) is 14.5 Å². The maximum atomic E-state index is 12.3. The van der Waals surface area contributed by atoms with E-state index in [1.807, 2.05) is 25.1 Å². The molecular weight excluding hydrogens is 302 g/mol. The third kappa shape index (κ3) is 3.14. The summed E-state index contributed by atoms with van der Waals surface area (Å²) in [5, 5.41) is 1.30. The molecule has 0 radical (unpaired) electrons. The fourth-order valence-corrected chi connectivity index (χ4v) is 2.42. The molecule has 0 amide bonds. The standard InChI is InChI=1S/C16H16ClN3O2/c1-11-9-14-15(19-11)18-10-20(16(14)21)7-2-8-22-13-5-3-12(17)4-6-13/h3-6,9-10,19H,2,7-8H2,1H3. The molecule has 0 fully saturated rings. The molecule has 0 unspecified atom stereocenters. The van der Waals surface area contributed by atoms with Crippen LogP contribution in [0.5, 0.6) is 5.75 Å². The molecule has 114 valence electrons. The summed E-state index contributed by atoms with van der Waals surface area (Å²) >= 11 is 5.82. The molecule has 0 saturated carbocycles. The first-order valence-electron chi connectivity index (χ1n) is 7.06. The van der Waals surface area contributed by atoms with E-state index in [-0.39, 0.29) is 5.56 Å². The Morgan fingerprint density at radius 3 is 2.86 bits per heavy atom. The van der Waals surface area contributed by atoms with Gasteiger partial charge in [0.1, 0.15) is 11.4 Å². The zero-order valence-electron chi connectivity index (χ0n) is 12.2. The minimum atomic E-state index is -0.0270. The number of nitrogens with zero attached hydrogens (tertiary/aromatic N) is 2. The van der Waals surface area contributed by atoms with Gasteiger partial charge in [0.2, 0.25) is 0 Å². The third-order valence-corrected chi connectivity index (χ3v) is 3.63. The quantitative estimate of drug-likeness (QED) is 0.735. The van der Waals surface area contributed by atoms with E-state index in [4.69, 9.17) is 16.3 Å². The van der Waals surface area contributed by atoms with Gasteiger partial charge in [0, 0.05) is 17.3 Å². The normalized spacial score (nSPS) is 11.0. The van der Waals surface area contributed by atoms with Crippen molar-refractivity contribution in [3.63, 3.8) is 0 Å². The van der Waals surface area contributed by atoms with Crippen molar-refractivity contribution < 1.29 is 4.74 Å². The maximum Gasteiger partial charge on any atom is 0.262 e. The summed E-state index contributed by atoms with van der Waals surface area (Å²) in [5.74, 6) is 0.770. The molecule has 2 aromatic heterocycles. The Bertz CT molecular complexity index is 837. The SMILES string of the molecule is Cc1cc2c(=O)n(CCCOc3ccc(Cl)cc3)cnc2[nH]1. The molecule has 5 nitrogen and oxygen atoms in total. The molecule has 3 aromatic rings. The third-order valence-electron chi connectivity index (χ3n) is 3.37. The summed E-state index contributed by atoms with van der Waals surface area (Å²) in [5.41, 5.74) is 1.54. The van der Waals surface area contributed by atoms with Crippen molar-refractivity contribution in [2.75, 3.05) is 6.61 Å². The average molecular weight is 318 g/mol. The van der Waals surface area contributed by atoms with Crippen molar-refractivity contribution in [1.29, 1.82) is 0 Å². The van der Waals surface area contributed by atoms with Gasteiger partial charge in [0.25, 0.3) is 5.56 Å². The number of H-pyrrole nitrogens is 1. The zero-order chi connectivity index (χ0) is 15.5. The zero-order valence-corrected chi connectivity index (χ0v) is 12.9. The second kappa shape index (κ2) is 6.23. The Kier molecular flexibility index (Phi) is 4.15.